The number of nitrogens with zero attached hydrogens (tertiary/aromatic N) is 1. The van der Waals surface area contributed by atoms with Gasteiger partial charge in [0.15, 0.2) is 5.69 Å². The fourth-order valence-corrected chi connectivity index (χ4v) is 1.81. The van der Waals surface area contributed by atoms with E-state index in [2.05, 4.69) is 5.16 Å². The number of rotatable bonds is 3. The van der Waals surface area contributed by atoms with E-state index in [4.69, 9.17) is 21.2 Å². The fraction of sp³-hybridized carbons (Fsp3) is 0.231. The summed E-state index contributed by atoms with van der Waals surface area (Å²) >= 11 is 5.84. The van der Waals surface area contributed by atoms with Crippen molar-refractivity contribution in [3.05, 3.63) is 52.4 Å². The summed E-state index contributed by atoms with van der Waals surface area (Å²) in [6, 6.07) is 8.77. The van der Waals surface area contributed by atoms with Crippen molar-refractivity contribution in [2.24, 2.45) is 0 Å². The molecule has 18 heavy (non-hydrogen) atoms. The quantitative estimate of drug-likeness (QED) is 0.924. The molecule has 0 atom stereocenters. The maximum absolute atomic E-state index is 10.8. The van der Waals surface area contributed by atoms with Crippen LogP contribution in [0.1, 0.15) is 35.7 Å². The topological polar surface area (TPSA) is 63.3 Å². The molecule has 2 aromatic rings. The molecule has 1 aromatic heterocycles. The lowest BCUT2D eigenvalue weighted by Crippen LogP contribution is -2.17. The van der Waals surface area contributed by atoms with Gasteiger partial charge in [-0.1, -0.05) is 28.9 Å². The van der Waals surface area contributed by atoms with Gasteiger partial charge >= 0.3 is 5.97 Å². The molecule has 94 valence electrons. The Morgan fingerprint density at radius 2 is 1.94 bits per heavy atom. The average molecular weight is 266 g/mol. The van der Waals surface area contributed by atoms with Crippen molar-refractivity contribution < 1.29 is 14.4 Å². The van der Waals surface area contributed by atoms with Gasteiger partial charge in [0, 0.05) is 11.1 Å². The lowest BCUT2D eigenvalue weighted by molar-refractivity contribution is 0.0685. The highest BCUT2D eigenvalue weighted by Gasteiger charge is 2.28. The minimum absolute atomic E-state index is 0.0907. The van der Waals surface area contributed by atoms with E-state index in [-0.39, 0.29) is 5.69 Å². The normalized spacial score (nSPS) is 11.5. The predicted octanol–water partition coefficient (Wildman–Crippen LogP) is 3.35. The summed E-state index contributed by atoms with van der Waals surface area (Å²) in [6.07, 6.45) is 0. The number of halogens is 1. The van der Waals surface area contributed by atoms with E-state index in [1.807, 2.05) is 26.0 Å². The number of carboxylic acid groups (broad SMARTS) is 1. The van der Waals surface area contributed by atoms with E-state index in [1.54, 1.807) is 12.1 Å². The van der Waals surface area contributed by atoms with Gasteiger partial charge in [-0.2, -0.15) is 0 Å². The maximum Gasteiger partial charge on any atom is 0.358 e. The summed E-state index contributed by atoms with van der Waals surface area (Å²) in [4.78, 5) is 10.8. The maximum atomic E-state index is 10.8. The zero-order valence-corrected chi connectivity index (χ0v) is 10.7. The first kappa shape index (κ1) is 12.6. The van der Waals surface area contributed by atoms with Gasteiger partial charge in [-0.25, -0.2) is 4.79 Å². The molecule has 0 amide bonds. The Morgan fingerprint density at radius 3 is 2.44 bits per heavy atom. The first-order chi connectivity index (χ1) is 8.41. The van der Waals surface area contributed by atoms with Crippen molar-refractivity contribution in [1.29, 1.82) is 0 Å². The molecule has 1 N–H and O–H groups in total. The highest BCUT2D eigenvalue weighted by Crippen LogP contribution is 2.32. The van der Waals surface area contributed by atoms with E-state index < -0.39 is 11.4 Å². The van der Waals surface area contributed by atoms with Crippen LogP contribution in [-0.2, 0) is 5.41 Å². The third-order valence-electron chi connectivity index (χ3n) is 2.91. The molecule has 0 saturated carbocycles. The molecule has 5 heteroatoms. The zero-order chi connectivity index (χ0) is 13.3. The van der Waals surface area contributed by atoms with Gasteiger partial charge in [-0.05, 0) is 31.5 Å². The smallest absolute Gasteiger partial charge is 0.358 e. The van der Waals surface area contributed by atoms with Crippen molar-refractivity contribution in [2.75, 3.05) is 0 Å². The molecule has 0 radical (unpaired) electrons. The molecule has 0 aliphatic rings. The minimum atomic E-state index is -1.10. The number of aromatic nitrogens is 1. The number of hydrogen-bond acceptors (Lipinski definition) is 3. The Labute approximate surface area is 109 Å². The molecule has 0 fully saturated rings. The van der Waals surface area contributed by atoms with E-state index in [1.165, 1.54) is 6.07 Å². The van der Waals surface area contributed by atoms with Crippen LogP contribution in [0.2, 0.25) is 5.02 Å². The first-order valence-corrected chi connectivity index (χ1v) is 5.75. The SMILES string of the molecule is CC(C)(c1ccc(Cl)cc1)c1cc(C(=O)O)no1. The Morgan fingerprint density at radius 1 is 1.33 bits per heavy atom. The van der Waals surface area contributed by atoms with Gasteiger partial charge < -0.3 is 9.63 Å². The van der Waals surface area contributed by atoms with Crippen molar-refractivity contribution in [3.8, 4) is 0 Å². The number of hydrogen-bond donors (Lipinski definition) is 1. The lowest BCUT2D eigenvalue weighted by Gasteiger charge is -2.21. The molecule has 0 saturated heterocycles. The van der Waals surface area contributed by atoms with Crippen molar-refractivity contribution >= 4 is 17.6 Å². The van der Waals surface area contributed by atoms with Crippen LogP contribution in [0.25, 0.3) is 0 Å². The minimum Gasteiger partial charge on any atom is -0.476 e. The van der Waals surface area contributed by atoms with Crippen molar-refractivity contribution in [1.82, 2.24) is 5.16 Å². The van der Waals surface area contributed by atoms with E-state index in [0.717, 1.165) is 5.56 Å². The molecule has 0 aliphatic heterocycles. The lowest BCUT2D eigenvalue weighted by atomic mass is 9.82. The molecule has 1 heterocycles. The Kier molecular flexibility index (Phi) is 3.13. The van der Waals surface area contributed by atoms with Crippen LogP contribution in [0.15, 0.2) is 34.9 Å². The molecule has 1 aromatic carbocycles. The molecule has 0 aliphatic carbocycles. The number of aromatic carboxylic acids is 1. The second kappa shape index (κ2) is 4.46. The summed E-state index contributed by atoms with van der Waals surface area (Å²) < 4.78 is 5.11. The zero-order valence-electron chi connectivity index (χ0n) is 9.98. The summed E-state index contributed by atoms with van der Waals surface area (Å²) in [6.45, 7) is 3.87. The van der Waals surface area contributed by atoms with Crippen LogP contribution in [0.4, 0.5) is 0 Å². The standard InChI is InChI=1S/C13H12ClNO3/c1-13(2,8-3-5-9(14)6-4-8)11-7-10(12(16)17)15-18-11/h3-7H,1-2H3,(H,16,17). The van der Waals surface area contributed by atoms with Gasteiger partial charge in [0.25, 0.3) is 0 Å². The van der Waals surface area contributed by atoms with E-state index in [9.17, 15) is 4.79 Å². The molecule has 4 nitrogen and oxygen atoms in total. The van der Waals surface area contributed by atoms with Crippen molar-refractivity contribution in [2.45, 2.75) is 19.3 Å². The van der Waals surface area contributed by atoms with Gasteiger partial charge in [0.1, 0.15) is 5.76 Å². The summed E-state index contributed by atoms with van der Waals surface area (Å²) in [5.41, 5.74) is 0.415. The first-order valence-electron chi connectivity index (χ1n) is 5.38. The molecule has 0 spiro atoms. The molecular weight excluding hydrogens is 254 g/mol. The average Bonchev–Trinajstić information content (AvgIpc) is 2.79. The van der Waals surface area contributed by atoms with Gasteiger partial charge in [0.05, 0.1) is 5.41 Å². The fourth-order valence-electron chi connectivity index (χ4n) is 1.68. The third-order valence-corrected chi connectivity index (χ3v) is 3.16. The summed E-state index contributed by atoms with van der Waals surface area (Å²) in [7, 11) is 0. The van der Waals surface area contributed by atoms with Crippen LogP contribution < -0.4 is 0 Å². The molecular formula is C13H12ClNO3. The molecule has 2 rings (SSSR count). The van der Waals surface area contributed by atoms with E-state index in [0.29, 0.717) is 10.8 Å². The number of benzene rings is 1. The Bertz CT molecular complexity index is 572. The van der Waals surface area contributed by atoms with E-state index >= 15 is 0 Å². The number of carboxylic acids is 1. The highest BCUT2D eigenvalue weighted by molar-refractivity contribution is 6.30. The van der Waals surface area contributed by atoms with Gasteiger partial charge in [-0.15, -0.1) is 0 Å². The highest BCUT2D eigenvalue weighted by atomic mass is 35.5. The monoisotopic (exact) mass is 265 g/mol. The summed E-state index contributed by atoms with van der Waals surface area (Å²) in [5, 5.41) is 13.0. The molecule has 0 bridgehead atoms. The number of carbonyl (C=O) groups is 1. The van der Waals surface area contributed by atoms with Crippen LogP contribution in [-0.4, -0.2) is 16.2 Å². The largest absolute Gasteiger partial charge is 0.476 e. The Balaban J connectivity index is 2.40. The van der Waals surface area contributed by atoms with Gasteiger partial charge in [0.2, 0.25) is 0 Å². The Hall–Kier alpha value is -1.81. The van der Waals surface area contributed by atoms with Crippen LogP contribution >= 0.6 is 11.6 Å². The van der Waals surface area contributed by atoms with Gasteiger partial charge in [-0.3, -0.25) is 0 Å². The van der Waals surface area contributed by atoms with Crippen molar-refractivity contribution in [3.63, 3.8) is 0 Å². The third kappa shape index (κ3) is 2.24. The summed E-state index contributed by atoms with van der Waals surface area (Å²) in [5.74, 6) is -0.598. The van der Waals surface area contributed by atoms with Crippen LogP contribution in [0.5, 0.6) is 0 Å². The van der Waals surface area contributed by atoms with Crippen LogP contribution in [0.3, 0.4) is 0 Å². The second-order valence-corrected chi connectivity index (χ2v) is 4.95. The predicted molar refractivity (Wildman–Crippen MR) is 67.0 cm³/mol. The second-order valence-electron chi connectivity index (χ2n) is 4.51. The molecule has 0 unspecified atom stereocenters. The van der Waals surface area contributed by atoms with Crippen LogP contribution in [0, 0.1) is 0 Å².